The maximum atomic E-state index is 6.39. The van der Waals surface area contributed by atoms with Gasteiger partial charge in [0.15, 0.2) is 0 Å². The van der Waals surface area contributed by atoms with Gasteiger partial charge in [-0.15, -0.1) is 0 Å². The standard InChI is InChI=1S/CH2NSe2.H3N/c2-1(3)4;/h(H2,2,3);1H3. The van der Waals surface area contributed by atoms with Gasteiger partial charge in [0, 0.05) is 0 Å². The first-order valence-electron chi connectivity index (χ1n) is 0.658. The van der Waals surface area contributed by atoms with Crippen LogP contribution in [0.15, 0.2) is 0 Å². The van der Waals surface area contributed by atoms with Crippen molar-refractivity contribution in [1.29, 1.82) is 5.41 Å². The summed E-state index contributed by atoms with van der Waals surface area (Å²) >= 11 is 4.86. The summed E-state index contributed by atoms with van der Waals surface area (Å²) in [5.41, 5.74) is 0. The van der Waals surface area contributed by atoms with E-state index < -0.39 is 0 Å². The van der Waals surface area contributed by atoms with Crippen molar-refractivity contribution >= 4 is 35.5 Å². The van der Waals surface area contributed by atoms with E-state index in [0.717, 1.165) is 0 Å². The topological polar surface area (TPSA) is 60.4 Å². The third kappa shape index (κ3) is 74.3. The molecule has 0 unspecified atom stereocenters. The third-order valence-electron chi connectivity index (χ3n) is 0. The zero-order valence-electron chi connectivity index (χ0n) is 2.82. The number of quaternary nitrogens is 1. The summed E-state index contributed by atoms with van der Waals surface area (Å²) in [5.74, 6) is 0. The van der Waals surface area contributed by atoms with Crippen molar-refractivity contribution in [3.05, 3.63) is 0 Å². The summed E-state index contributed by atoms with van der Waals surface area (Å²) in [5, 5.41) is 6.39. The Morgan fingerprint density at radius 2 is 1.80 bits per heavy atom. The predicted octanol–water partition coefficient (Wildman–Crippen LogP) is -0.366. The van der Waals surface area contributed by atoms with Crippen molar-refractivity contribution in [3.63, 3.8) is 0 Å². The van der Waals surface area contributed by atoms with Gasteiger partial charge in [0.2, 0.25) is 0 Å². The molecule has 0 rings (SSSR count). The van der Waals surface area contributed by atoms with Gasteiger partial charge in [0.25, 0.3) is 0 Å². The average Bonchev–Trinajstić information content (AvgIpc) is 0.811. The first-order chi connectivity index (χ1) is 1.73. The molecule has 1 radical (unpaired) electrons. The van der Waals surface area contributed by atoms with Crippen LogP contribution >= 0.6 is 0 Å². The summed E-state index contributed by atoms with van der Waals surface area (Å²) in [6, 6.07) is 0. The Bertz CT molecular complexity index is 30.6. The number of nitrogens with one attached hydrogen (secondary N) is 1. The smallest absolute Gasteiger partial charge is 0.369 e. The van der Waals surface area contributed by atoms with E-state index in [9.17, 15) is 0 Å². The molecule has 0 aromatic carbocycles. The molecule has 0 atom stereocenters. The molecule has 5 heavy (non-hydrogen) atoms. The molecule has 0 amide bonds. The molecule has 31 valence electrons. The van der Waals surface area contributed by atoms with Crippen LogP contribution in [0, 0.1) is 5.41 Å². The fourth-order valence-corrected chi connectivity index (χ4v) is 0. The van der Waals surface area contributed by atoms with Crippen molar-refractivity contribution < 1.29 is 0 Å². The molecule has 0 bridgehead atoms. The van der Waals surface area contributed by atoms with Gasteiger partial charge in [0.05, 0.1) is 0 Å². The van der Waals surface area contributed by atoms with Gasteiger partial charge in [0.1, 0.15) is 0 Å². The van der Waals surface area contributed by atoms with Gasteiger partial charge in [-0.25, -0.2) is 0 Å². The van der Waals surface area contributed by atoms with Crippen molar-refractivity contribution in [3.8, 4) is 0 Å². The van der Waals surface area contributed by atoms with Gasteiger partial charge in [-0.05, 0) is 0 Å². The molecule has 0 saturated carbocycles. The minimum absolute atomic E-state index is 0. The Balaban J connectivity index is 0. The van der Waals surface area contributed by atoms with E-state index in [-0.39, 0.29) is 6.15 Å². The predicted molar refractivity (Wildman–Crippen MR) is 25.2 cm³/mol. The van der Waals surface area contributed by atoms with Crippen LogP contribution in [-0.4, -0.2) is 35.5 Å². The molecule has 0 heterocycles. The van der Waals surface area contributed by atoms with E-state index in [1.54, 1.807) is 0 Å². The first kappa shape index (κ1) is 9.18. The Morgan fingerprint density at radius 3 is 1.80 bits per heavy atom. The van der Waals surface area contributed by atoms with Gasteiger partial charge < -0.3 is 6.15 Å². The molecule has 0 aromatic heterocycles. The van der Waals surface area contributed by atoms with Crippen LogP contribution in [0.3, 0.4) is 0 Å². The minimum atomic E-state index is 0. The molecule has 0 aliphatic carbocycles. The molecule has 0 aromatic rings. The van der Waals surface area contributed by atoms with Crippen LogP contribution in [0.25, 0.3) is 0 Å². The Kier molecular flexibility index (Phi) is 8.57. The molecule has 0 spiro atoms. The Morgan fingerprint density at radius 1 is 1.80 bits per heavy atom. The van der Waals surface area contributed by atoms with Crippen molar-refractivity contribution in [1.82, 2.24) is 6.15 Å². The zero-order valence-corrected chi connectivity index (χ0v) is 6.24. The van der Waals surface area contributed by atoms with E-state index >= 15 is 0 Å². The molecule has 0 aliphatic rings. The SMILES string of the molecule is N=C([Se])[Se-].[NH4+]. The van der Waals surface area contributed by atoms with E-state index in [0.29, 0.717) is 3.51 Å². The third-order valence-corrected chi connectivity index (χ3v) is 0. The molecule has 0 aliphatic heterocycles. The molecule has 0 fully saturated rings. The number of rotatable bonds is 0. The zero-order chi connectivity index (χ0) is 3.58. The summed E-state index contributed by atoms with van der Waals surface area (Å²) in [6.07, 6.45) is 0. The second-order valence-corrected chi connectivity index (χ2v) is 3.31. The Hall–Kier alpha value is 0.669. The maximum absolute atomic E-state index is 6.39. The average molecular weight is 203 g/mol. The minimum Gasteiger partial charge on any atom is -0.369 e. The van der Waals surface area contributed by atoms with E-state index in [4.69, 9.17) is 5.41 Å². The van der Waals surface area contributed by atoms with Crippen molar-refractivity contribution in [2.45, 2.75) is 0 Å². The van der Waals surface area contributed by atoms with Gasteiger partial charge in [-0.1, -0.05) is 0 Å². The number of hydrogen-bond acceptors (Lipinski definition) is 1. The number of hydrogen-bond donors (Lipinski definition) is 2. The molecular formula is CH5N2Se2. The normalized spacial score (nSPS) is 4.80. The van der Waals surface area contributed by atoms with Crippen LogP contribution in [0.5, 0.6) is 0 Å². The fourth-order valence-electron chi connectivity index (χ4n) is 0. The van der Waals surface area contributed by atoms with Crippen molar-refractivity contribution in [2.24, 2.45) is 0 Å². The van der Waals surface area contributed by atoms with Crippen LogP contribution in [0.4, 0.5) is 0 Å². The Labute approximate surface area is 47.4 Å². The summed E-state index contributed by atoms with van der Waals surface area (Å²) in [4.78, 5) is 0. The van der Waals surface area contributed by atoms with Gasteiger partial charge in [-0.3, -0.25) is 0 Å². The van der Waals surface area contributed by atoms with E-state index in [2.05, 4.69) is 32.0 Å². The van der Waals surface area contributed by atoms with Gasteiger partial charge >= 0.3 is 40.9 Å². The first-order valence-corrected chi connectivity index (χ1v) is 2.37. The van der Waals surface area contributed by atoms with Crippen LogP contribution < -0.4 is 6.15 Å². The van der Waals surface area contributed by atoms with Crippen LogP contribution in [0.1, 0.15) is 0 Å². The van der Waals surface area contributed by atoms with E-state index in [1.807, 2.05) is 0 Å². The fraction of sp³-hybridized carbons (Fsp3) is 0. The maximum Gasteiger partial charge on any atom is -0.369 e. The molecule has 0 saturated heterocycles. The molecular weight excluding hydrogens is 198 g/mol. The van der Waals surface area contributed by atoms with Crippen LogP contribution in [0.2, 0.25) is 0 Å². The largest absolute Gasteiger partial charge is 0.369 e. The monoisotopic (exact) mass is 205 g/mol. The van der Waals surface area contributed by atoms with Crippen LogP contribution in [-0.2, 0) is 0 Å². The second-order valence-electron chi connectivity index (χ2n) is 0.287. The quantitative estimate of drug-likeness (QED) is 0.398. The molecule has 5 N–H and O–H groups in total. The summed E-state index contributed by atoms with van der Waals surface area (Å²) in [6.45, 7) is 0. The van der Waals surface area contributed by atoms with Gasteiger partial charge in [-0.2, -0.15) is 0 Å². The molecule has 4 heteroatoms. The summed E-state index contributed by atoms with van der Waals surface area (Å²) < 4.78 is 0.417. The summed E-state index contributed by atoms with van der Waals surface area (Å²) in [7, 11) is 0. The molecule has 2 nitrogen and oxygen atoms in total. The van der Waals surface area contributed by atoms with Crippen molar-refractivity contribution in [2.75, 3.05) is 0 Å². The van der Waals surface area contributed by atoms with E-state index in [1.165, 1.54) is 0 Å². The second kappa shape index (κ2) is 4.67.